The van der Waals surface area contributed by atoms with E-state index in [0.717, 1.165) is 145 Å². The summed E-state index contributed by atoms with van der Waals surface area (Å²) < 4.78 is 25.9. The molecule has 16 heteroatoms. The topological polar surface area (TPSA) is 159 Å². The average Bonchev–Trinajstić information content (AvgIpc) is 4.19. The van der Waals surface area contributed by atoms with Crippen molar-refractivity contribution in [1.82, 2.24) is 59.5 Å². The Morgan fingerprint density at radius 1 is 0.303 bits per heavy atom. The van der Waals surface area contributed by atoms with E-state index in [-0.39, 0.29) is 0 Å². The zero-order valence-electron chi connectivity index (χ0n) is 43.8. The van der Waals surface area contributed by atoms with E-state index >= 15 is 0 Å². The second-order valence-corrected chi connectivity index (χ2v) is 21.4. The lowest BCUT2D eigenvalue weighted by Crippen LogP contribution is -2.33. The van der Waals surface area contributed by atoms with Gasteiger partial charge in [0.1, 0.15) is 72.0 Å². The SMILES string of the molecule is c1cc2c(cc1OCCN1CCCCC1)-c1nc-2nc2[nH]c(nc3nc(nc4[nH]c(n1)c1ccc(OCCN5CCCCC5)cc41)-c1ccc(OCCN4CCCCC4)cc1-3)c1ccc(OCCN3CCCCC3)cc21. The number of likely N-dealkylation sites (tertiary alicyclic amines) is 4. The summed E-state index contributed by atoms with van der Waals surface area (Å²) in [5.74, 6) is 5.18. The van der Waals surface area contributed by atoms with Crippen LogP contribution in [0.2, 0.25) is 0 Å². The van der Waals surface area contributed by atoms with Gasteiger partial charge in [0.05, 0.1) is 0 Å². The number of hydrogen-bond donors (Lipinski definition) is 2. The van der Waals surface area contributed by atoms with Crippen LogP contribution >= 0.6 is 0 Å². The first-order valence-electron chi connectivity index (χ1n) is 28.4. The van der Waals surface area contributed by atoms with Gasteiger partial charge in [-0.2, -0.15) is 0 Å². The van der Waals surface area contributed by atoms with E-state index in [9.17, 15) is 0 Å². The van der Waals surface area contributed by atoms with Crippen LogP contribution in [0.1, 0.15) is 77.0 Å². The molecule has 76 heavy (non-hydrogen) atoms. The molecule has 4 fully saturated rings. The molecule has 0 atom stereocenters. The predicted octanol–water partition coefficient (Wildman–Crippen LogP) is 10.3. The number of piperidine rings is 4. The molecule has 9 heterocycles. The summed E-state index contributed by atoms with van der Waals surface area (Å²) in [6.07, 6.45) is 15.2. The molecular formula is C60H70N12O4. The van der Waals surface area contributed by atoms with Gasteiger partial charge in [0.25, 0.3) is 0 Å². The zero-order chi connectivity index (χ0) is 50.6. The van der Waals surface area contributed by atoms with Crippen molar-refractivity contribution in [3.63, 3.8) is 0 Å². The molecule has 4 saturated heterocycles. The Labute approximate surface area is 444 Å². The molecule has 7 aromatic rings. The van der Waals surface area contributed by atoms with E-state index in [0.29, 0.717) is 72.3 Å². The van der Waals surface area contributed by atoms with Crippen LogP contribution in [0.15, 0.2) is 72.8 Å². The third kappa shape index (κ3) is 10.8. The smallest absolute Gasteiger partial charge is 0.164 e. The molecule has 3 aromatic heterocycles. The molecule has 13 rings (SSSR count). The minimum Gasteiger partial charge on any atom is -0.492 e. The summed E-state index contributed by atoms with van der Waals surface area (Å²) in [6.45, 7) is 14.9. The fraction of sp³-hybridized carbons (Fsp3) is 0.467. The lowest BCUT2D eigenvalue weighted by atomic mass is 10.1. The molecule has 2 N–H and O–H groups in total. The van der Waals surface area contributed by atoms with Crippen molar-refractivity contribution in [3.05, 3.63) is 72.8 Å². The highest BCUT2D eigenvalue weighted by Gasteiger charge is 2.25. The van der Waals surface area contributed by atoms with Gasteiger partial charge >= 0.3 is 0 Å². The zero-order valence-corrected chi connectivity index (χ0v) is 43.8. The van der Waals surface area contributed by atoms with Gasteiger partial charge in [0.15, 0.2) is 23.3 Å². The summed E-state index contributed by atoms with van der Waals surface area (Å²) >= 11 is 0. The number of fused-ring (bicyclic) bond motifs is 20. The van der Waals surface area contributed by atoms with E-state index in [4.69, 9.17) is 48.9 Å². The Balaban J connectivity index is 0.948. The number of benzene rings is 4. The predicted molar refractivity (Wildman–Crippen MR) is 299 cm³/mol. The second-order valence-electron chi connectivity index (χ2n) is 21.4. The lowest BCUT2D eigenvalue weighted by Gasteiger charge is -2.26. The molecule has 0 spiro atoms. The van der Waals surface area contributed by atoms with Crippen molar-refractivity contribution in [2.24, 2.45) is 0 Å². The van der Waals surface area contributed by atoms with E-state index in [2.05, 4.69) is 78.1 Å². The quantitative estimate of drug-likeness (QED) is 0.0942. The van der Waals surface area contributed by atoms with Crippen molar-refractivity contribution in [2.45, 2.75) is 77.0 Å². The number of rotatable bonds is 16. The first-order valence-corrected chi connectivity index (χ1v) is 28.4. The Kier molecular flexibility index (Phi) is 14.5. The number of ether oxygens (including phenoxy) is 4. The van der Waals surface area contributed by atoms with Crippen molar-refractivity contribution >= 4 is 44.1 Å². The second kappa shape index (κ2) is 22.5. The van der Waals surface area contributed by atoms with Gasteiger partial charge in [-0.05, 0) is 177 Å². The minimum atomic E-state index is 0.522. The number of aromatic nitrogens is 8. The number of H-pyrrole nitrogens is 2. The molecule has 0 aliphatic carbocycles. The van der Waals surface area contributed by atoms with Crippen LogP contribution in [-0.2, 0) is 0 Å². The molecule has 6 aliphatic heterocycles. The Morgan fingerprint density at radius 3 is 0.934 bits per heavy atom. The molecule has 4 aromatic carbocycles. The maximum Gasteiger partial charge on any atom is 0.164 e. The fourth-order valence-corrected chi connectivity index (χ4v) is 12.0. The number of nitrogens with one attached hydrogen (secondary N) is 2. The minimum absolute atomic E-state index is 0.522. The van der Waals surface area contributed by atoms with Crippen LogP contribution in [-0.4, -0.2) is 164 Å². The van der Waals surface area contributed by atoms with Gasteiger partial charge in [-0.25, -0.2) is 29.9 Å². The van der Waals surface area contributed by atoms with Crippen LogP contribution in [0.4, 0.5) is 0 Å². The largest absolute Gasteiger partial charge is 0.492 e. The van der Waals surface area contributed by atoms with Crippen molar-refractivity contribution in [2.75, 3.05) is 105 Å². The van der Waals surface area contributed by atoms with Gasteiger partial charge in [0.2, 0.25) is 0 Å². The number of hydrogen-bond acceptors (Lipinski definition) is 14. The summed E-state index contributed by atoms with van der Waals surface area (Å²) in [4.78, 5) is 49.2. The summed E-state index contributed by atoms with van der Waals surface area (Å²) in [7, 11) is 0. The van der Waals surface area contributed by atoms with Crippen LogP contribution < -0.4 is 18.9 Å². The van der Waals surface area contributed by atoms with Crippen LogP contribution in [0.25, 0.3) is 89.7 Å². The molecule has 6 aliphatic rings. The van der Waals surface area contributed by atoms with Gasteiger partial charge in [0, 0.05) is 70.0 Å². The molecule has 394 valence electrons. The van der Waals surface area contributed by atoms with Crippen molar-refractivity contribution in [1.29, 1.82) is 0 Å². The molecular weight excluding hydrogens is 953 g/mol. The van der Waals surface area contributed by atoms with E-state index in [1.807, 2.05) is 24.3 Å². The van der Waals surface area contributed by atoms with E-state index < -0.39 is 0 Å². The van der Waals surface area contributed by atoms with E-state index in [1.54, 1.807) is 0 Å². The van der Waals surface area contributed by atoms with E-state index in [1.165, 1.54) is 77.0 Å². The summed E-state index contributed by atoms with van der Waals surface area (Å²) in [6, 6.07) is 24.6. The molecule has 0 amide bonds. The van der Waals surface area contributed by atoms with Gasteiger partial charge in [-0.15, -0.1) is 0 Å². The molecule has 0 saturated carbocycles. The summed E-state index contributed by atoms with van der Waals surface area (Å²) in [5.41, 5.74) is 5.83. The molecule has 0 unspecified atom stereocenters. The van der Waals surface area contributed by atoms with Gasteiger partial charge < -0.3 is 28.9 Å². The fourth-order valence-electron chi connectivity index (χ4n) is 12.0. The van der Waals surface area contributed by atoms with Gasteiger partial charge in [-0.3, -0.25) is 19.6 Å². The Bertz CT molecular complexity index is 3150. The lowest BCUT2D eigenvalue weighted by molar-refractivity contribution is 0.183. The maximum atomic E-state index is 6.48. The monoisotopic (exact) mass is 1020 g/mol. The normalized spacial score (nSPS) is 17.7. The standard InChI is InChI=1S/C60H70N12O4/c1-5-21-69(22-6-1)29-33-73-41-13-17-45-49(37-41)57-61-53(45)66-58-51-39-43(75-35-31-71-25-9-3-10-26-71)15-19-47(51)55(63-58)68-60-52-40-44(76-36-32-72-27-11-4-12-28-72)16-20-48(52)56(64-60)67-59-50-38-42(14-18-46(50)54(62-59)65-57)74-34-30-70-23-7-2-8-24-70/h13-20,37-40H,1-12,21-36H2,(H2,61,62,63,64,65,66,67,68). The third-order valence-corrected chi connectivity index (χ3v) is 16.2. The molecule has 8 bridgehead atoms. The molecule has 16 nitrogen and oxygen atoms in total. The summed E-state index contributed by atoms with van der Waals surface area (Å²) in [5, 5.41) is 3.49. The van der Waals surface area contributed by atoms with Crippen LogP contribution in [0.5, 0.6) is 23.0 Å². The highest BCUT2D eigenvalue weighted by atomic mass is 16.5. The average molecular weight is 1020 g/mol. The first kappa shape index (κ1) is 48.9. The van der Waals surface area contributed by atoms with Gasteiger partial charge in [-0.1, -0.05) is 25.7 Å². The van der Waals surface area contributed by atoms with Crippen LogP contribution in [0.3, 0.4) is 0 Å². The Morgan fingerprint density at radius 2 is 0.592 bits per heavy atom. The maximum absolute atomic E-state index is 6.48. The highest BCUT2D eigenvalue weighted by molar-refractivity contribution is 6.07. The highest BCUT2D eigenvalue weighted by Crippen LogP contribution is 2.40. The number of aromatic amines is 2. The Hall–Kier alpha value is -6.72. The van der Waals surface area contributed by atoms with Crippen molar-refractivity contribution in [3.8, 4) is 68.5 Å². The third-order valence-electron chi connectivity index (χ3n) is 16.2. The molecule has 0 radical (unpaired) electrons. The number of nitrogens with zero attached hydrogens (tertiary/aromatic N) is 10. The van der Waals surface area contributed by atoms with Crippen LogP contribution in [0, 0.1) is 0 Å². The van der Waals surface area contributed by atoms with Crippen molar-refractivity contribution < 1.29 is 18.9 Å². The first-order chi connectivity index (χ1) is 37.6.